The maximum atomic E-state index is 12.3. The molecule has 0 heterocycles. The van der Waals surface area contributed by atoms with Crippen LogP contribution in [-0.2, 0) is 19.1 Å². The normalized spacial score (nSPS) is 12.7. The lowest BCUT2D eigenvalue weighted by Crippen LogP contribution is -2.28. The van der Waals surface area contributed by atoms with Gasteiger partial charge < -0.3 is 14.6 Å². The van der Waals surface area contributed by atoms with Crippen molar-refractivity contribution in [1.82, 2.24) is 0 Å². The fraction of sp³-hybridized carbons (Fsp3) is 0.770. The van der Waals surface area contributed by atoms with Crippen molar-refractivity contribution in [2.75, 3.05) is 13.2 Å². The summed E-state index contributed by atoms with van der Waals surface area (Å²) in [6.07, 6.45) is 77.3. The number of hydrogen-bond donors (Lipinski definition) is 1. The Kier molecular flexibility index (Phi) is 54.4. The van der Waals surface area contributed by atoms with Crippen molar-refractivity contribution >= 4 is 11.9 Å². The summed E-state index contributed by atoms with van der Waals surface area (Å²) < 4.78 is 10.7. The lowest BCUT2D eigenvalue weighted by atomic mass is 10.0. The van der Waals surface area contributed by atoms with E-state index in [0.29, 0.717) is 12.8 Å². The third-order valence-electron chi connectivity index (χ3n) is 12.5. The summed E-state index contributed by atoms with van der Waals surface area (Å²) in [4.78, 5) is 24.5. The Morgan fingerprint density at radius 3 is 0.985 bits per heavy atom. The number of carbonyl (C=O) groups is 2. The molecule has 0 aliphatic carbocycles. The number of hydrogen-bond acceptors (Lipinski definition) is 5. The molecular weight excluding hydrogens is 813 g/mol. The molecule has 0 spiro atoms. The minimum absolute atomic E-state index is 0.0677. The van der Waals surface area contributed by atoms with E-state index in [1.165, 1.54) is 186 Å². The maximum Gasteiger partial charge on any atom is 0.306 e. The van der Waals surface area contributed by atoms with Gasteiger partial charge >= 0.3 is 11.9 Å². The van der Waals surface area contributed by atoms with E-state index in [4.69, 9.17) is 9.47 Å². The van der Waals surface area contributed by atoms with E-state index >= 15 is 0 Å². The molecule has 1 atom stereocenters. The minimum Gasteiger partial charge on any atom is -0.462 e. The van der Waals surface area contributed by atoms with Gasteiger partial charge in [-0.15, -0.1) is 0 Å². The van der Waals surface area contributed by atoms with Gasteiger partial charge in [0.05, 0.1) is 6.61 Å². The average molecular weight is 922 g/mol. The molecule has 0 aromatic heterocycles. The van der Waals surface area contributed by atoms with Crippen molar-refractivity contribution < 1.29 is 24.2 Å². The Morgan fingerprint density at radius 1 is 0.364 bits per heavy atom. The molecule has 382 valence electrons. The number of carbonyl (C=O) groups excluding carboxylic acids is 2. The average Bonchev–Trinajstić information content (AvgIpc) is 3.32. The first-order valence-electron chi connectivity index (χ1n) is 28.5. The van der Waals surface area contributed by atoms with Crippen LogP contribution in [0.4, 0.5) is 0 Å². The quantitative estimate of drug-likeness (QED) is 0.0374. The Hall–Kier alpha value is -2.66. The zero-order chi connectivity index (χ0) is 47.7. The van der Waals surface area contributed by atoms with E-state index in [2.05, 4.69) is 86.8 Å². The second-order valence-corrected chi connectivity index (χ2v) is 19.0. The first kappa shape index (κ1) is 63.3. The second-order valence-electron chi connectivity index (χ2n) is 19.0. The Labute approximate surface area is 410 Å². The van der Waals surface area contributed by atoms with Crippen LogP contribution < -0.4 is 0 Å². The van der Waals surface area contributed by atoms with E-state index in [-0.39, 0.29) is 25.2 Å². The van der Waals surface area contributed by atoms with E-state index in [1.54, 1.807) is 0 Å². The van der Waals surface area contributed by atoms with Gasteiger partial charge in [0.2, 0.25) is 0 Å². The van der Waals surface area contributed by atoms with Gasteiger partial charge in [0.15, 0.2) is 6.10 Å². The fourth-order valence-corrected chi connectivity index (χ4v) is 8.23. The molecule has 1 N–H and O–H groups in total. The number of esters is 2. The minimum atomic E-state index is -0.777. The maximum absolute atomic E-state index is 12.3. The molecule has 1 unspecified atom stereocenters. The topological polar surface area (TPSA) is 72.8 Å². The van der Waals surface area contributed by atoms with Crippen LogP contribution in [0, 0.1) is 0 Å². The van der Waals surface area contributed by atoms with Crippen molar-refractivity contribution in [2.24, 2.45) is 0 Å². The summed E-state index contributed by atoms with van der Waals surface area (Å²) in [6.45, 7) is 4.04. The number of aliphatic hydroxyl groups excluding tert-OH is 1. The smallest absolute Gasteiger partial charge is 0.306 e. The summed E-state index contributed by atoms with van der Waals surface area (Å²) in [5.41, 5.74) is 0. The second kappa shape index (κ2) is 56.7. The molecule has 0 aliphatic heterocycles. The monoisotopic (exact) mass is 921 g/mol. The summed E-state index contributed by atoms with van der Waals surface area (Å²) in [5.74, 6) is -0.587. The first-order chi connectivity index (χ1) is 32.6. The zero-order valence-electron chi connectivity index (χ0n) is 43.7. The van der Waals surface area contributed by atoms with Crippen LogP contribution in [0.3, 0.4) is 0 Å². The number of aliphatic hydroxyl groups is 1. The summed E-state index contributed by atoms with van der Waals surface area (Å²) in [7, 11) is 0. The highest BCUT2D eigenvalue weighted by Gasteiger charge is 2.16. The van der Waals surface area contributed by atoms with Crippen molar-refractivity contribution in [3.8, 4) is 0 Å². The SMILES string of the molecule is CC/C=C\C/C=C\C/C=C\C/C=C\CCCCCCCCCCCCC(=O)OC(CO)COC(=O)CCCCCCCCCCCCCCCCCCC/C=C\C/C=C\CCCCCCC. The third-order valence-corrected chi connectivity index (χ3v) is 12.5. The molecule has 5 heteroatoms. The summed E-state index contributed by atoms with van der Waals surface area (Å²) in [5, 5.41) is 9.65. The molecule has 5 nitrogen and oxygen atoms in total. The lowest BCUT2D eigenvalue weighted by molar-refractivity contribution is -0.161. The molecule has 0 rings (SSSR count). The molecular formula is C61H108O5. The molecule has 0 bridgehead atoms. The van der Waals surface area contributed by atoms with Gasteiger partial charge in [0, 0.05) is 12.8 Å². The van der Waals surface area contributed by atoms with Crippen LogP contribution in [0.25, 0.3) is 0 Å². The Morgan fingerprint density at radius 2 is 0.652 bits per heavy atom. The van der Waals surface area contributed by atoms with Crippen LogP contribution in [0.5, 0.6) is 0 Å². The van der Waals surface area contributed by atoms with Gasteiger partial charge in [-0.3, -0.25) is 9.59 Å². The first-order valence-corrected chi connectivity index (χ1v) is 28.5. The van der Waals surface area contributed by atoms with Crippen LogP contribution in [0.1, 0.15) is 284 Å². The van der Waals surface area contributed by atoms with Gasteiger partial charge in [-0.25, -0.2) is 0 Å². The molecule has 0 radical (unpaired) electrons. The van der Waals surface area contributed by atoms with Crippen LogP contribution >= 0.6 is 0 Å². The van der Waals surface area contributed by atoms with Crippen molar-refractivity contribution in [3.63, 3.8) is 0 Å². The van der Waals surface area contributed by atoms with Gasteiger partial charge in [-0.2, -0.15) is 0 Å². The van der Waals surface area contributed by atoms with Gasteiger partial charge in [0.1, 0.15) is 6.61 Å². The highest BCUT2D eigenvalue weighted by Crippen LogP contribution is 2.16. The van der Waals surface area contributed by atoms with Crippen LogP contribution in [-0.4, -0.2) is 36.4 Å². The van der Waals surface area contributed by atoms with Gasteiger partial charge in [-0.05, 0) is 83.5 Å². The Bertz CT molecular complexity index is 1180. The molecule has 0 fully saturated rings. The summed E-state index contributed by atoms with van der Waals surface area (Å²) in [6, 6.07) is 0. The van der Waals surface area contributed by atoms with E-state index in [1.807, 2.05) is 0 Å². The summed E-state index contributed by atoms with van der Waals surface area (Å²) >= 11 is 0. The highest BCUT2D eigenvalue weighted by atomic mass is 16.6. The highest BCUT2D eigenvalue weighted by molar-refractivity contribution is 5.70. The number of allylic oxidation sites excluding steroid dienone is 12. The molecule has 66 heavy (non-hydrogen) atoms. The van der Waals surface area contributed by atoms with Crippen molar-refractivity contribution in [1.29, 1.82) is 0 Å². The van der Waals surface area contributed by atoms with Crippen LogP contribution in [0.2, 0.25) is 0 Å². The van der Waals surface area contributed by atoms with Gasteiger partial charge in [0.25, 0.3) is 0 Å². The number of unbranched alkanes of at least 4 members (excludes halogenated alkanes) is 32. The molecule has 0 aromatic rings. The van der Waals surface area contributed by atoms with Crippen molar-refractivity contribution in [3.05, 3.63) is 72.9 Å². The number of ether oxygens (including phenoxy) is 2. The largest absolute Gasteiger partial charge is 0.462 e. The zero-order valence-corrected chi connectivity index (χ0v) is 43.7. The van der Waals surface area contributed by atoms with E-state index in [0.717, 1.165) is 70.6 Å². The van der Waals surface area contributed by atoms with Crippen LogP contribution in [0.15, 0.2) is 72.9 Å². The van der Waals surface area contributed by atoms with Gasteiger partial charge in [-0.1, -0.05) is 260 Å². The fourth-order valence-electron chi connectivity index (χ4n) is 8.23. The molecule has 0 amide bonds. The van der Waals surface area contributed by atoms with E-state index < -0.39 is 6.10 Å². The number of rotatable bonds is 52. The molecule has 0 aliphatic rings. The van der Waals surface area contributed by atoms with Crippen molar-refractivity contribution in [2.45, 2.75) is 290 Å². The molecule has 0 saturated carbocycles. The van der Waals surface area contributed by atoms with E-state index in [9.17, 15) is 14.7 Å². The lowest BCUT2D eigenvalue weighted by Gasteiger charge is -2.15. The predicted molar refractivity (Wildman–Crippen MR) is 288 cm³/mol. The Balaban J connectivity index is 3.47. The standard InChI is InChI=1S/C61H108O5/c1-3-5-7-9-11-13-15-17-19-21-23-25-27-28-29-30-31-32-34-35-37-39-41-43-45-47-49-51-53-55-60(63)65-58-59(57-62)66-61(64)56-54-52-50-48-46-44-42-40-38-36-33-26-24-22-20-18-16-14-12-10-8-6-4-2/h6,8,12,14-15,17-18,20-21,23-24,26,59,62H,3-5,7,9-11,13,16,19,22,25,27-58H2,1-2H3/b8-6-,14-12-,17-15-,20-18-,23-21-,26-24-. The predicted octanol–water partition coefficient (Wildman–Crippen LogP) is 19.2. The molecule has 0 aromatic carbocycles. The molecule has 0 saturated heterocycles. The third kappa shape index (κ3) is 54.0.